The van der Waals surface area contributed by atoms with E-state index in [1.54, 1.807) is 13.0 Å². The molecule has 0 saturated carbocycles. The van der Waals surface area contributed by atoms with E-state index in [1.165, 1.54) is 0 Å². The number of hydrogen-bond acceptors (Lipinski definition) is 3. The van der Waals surface area contributed by atoms with Crippen molar-refractivity contribution in [1.82, 2.24) is 0 Å². The van der Waals surface area contributed by atoms with Crippen LogP contribution in [0.2, 0.25) is 0 Å². The third-order valence-electron chi connectivity index (χ3n) is 0.855. The first-order valence-corrected chi connectivity index (χ1v) is 3.65. The van der Waals surface area contributed by atoms with Crippen LogP contribution in [0.5, 0.6) is 0 Å². The summed E-state index contributed by atoms with van der Waals surface area (Å²) in [6, 6.07) is 0. The van der Waals surface area contributed by atoms with Gasteiger partial charge in [-0.3, -0.25) is 4.79 Å². The summed E-state index contributed by atoms with van der Waals surface area (Å²) in [7, 11) is 0. The molecule has 11 heavy (non-hydrogen) atoms. The summed E-state index contributed by atoms with van der Waals surface area (Å²) in [5, 5.41) is 0. The van der Waals surface area contributed by atoms with E-state index < -0.39 is 0 Å². The minimum atomic E-state index is -0.176. The van der Waals surface area contributed by atoms with Crippen molar-refractivity contribution in [1.29, 1.82) is 0 Å². The van der Waals surface area contributed by atoms with Crippen LogP contribution in [-0.2, 0) is 14.3 Å². The minimum absolute atomic E-state index is 0.176. The van der Waals surface area contributed by atoms with Crippen molar-refractivity contribution in [3.05, 3.63) is 12.7 Å². The lowest BCUT2D eigenvalue weighted by Crippen LogP contribution is -2.00. The number of rotatable bonds is 3. The second-order valence-electron chi connectivity index (χ2n) is 1.94. The van der Waals surface area contributed by atoms with Gasteiger partial charge in [-0.05, 0) is 0 Å². The maximum atomic E-state index is 10.3. The zero-order valence-electron chi connectivity index (χ0n) is 6.84. The largest absolute Gasteiger partial charge is 0.461 e. The highest BCUT2D eigenvalue weighted by Gasteiger charge is 1.94. The zero-order valence-corrected chi connectivity index (χ0v) is 6.84. The van der Waals surface area contributed by atoms with Crippen LogP contribution in [0.25, 0.3) is 0 Å². The fourth-order valence-corrected chi connectivity index (χ4v) is 0.254. The van der Waals surface area contributed by atoms with Gasteiger partial charge >= 0.3 is 5.97 Å². The Kier molecular flexibility index (Phi) is 6.73. The molecule has 3 heteroatoms. The Bertz CT molecular complexity index is 116. The van der Waals surface area contributed by atoms with Gasteiger partial charge in [-0.25, -0.2) is 0 Å². The van der Waals surface area contributed by atoms with E-state index in [4.69, 9.17) is 0 Å². The molecule has 1 rings (SSSR count). The zero-order chi connectivity index (χ0) is 8.53. The molecular formula is C8H14O3. The van der Waals surface area contributed by atoms with Crippen LogP contribution in [0, 0.1) is 0 Å². The number of carbonyl (C=O) groups excluding carboxylic acids is 1. The minimum Gasteiger partial charge on any atom is -0.461 e. The van der Waals surface area contributed by atoms with Crippen molar-refractivity contribution in [3.8, 4) is 0 Å². The van der Waals surface area contributed by atoms with Gasteiger partial charge in [-0.2, -0.15) is 0 Å². The van der Waals surface area contributed by atoms with E-state index in [0.29, 0.717) is 13.0 Å². The van der Waals surface area contributed by atoms with Crippen LogP contribution in [0.1, 0.15) is 13.3 Å². The highest BCUT2D eigenvalue weighted by molar-refractivity contribution is 5.68. The normalized spacial score (nSPS) is 12.5. The van der Waals surface area contributed by atoms with E-state index in [1.807, 2.05) is 0 Å². The number of esters is 1. The van der Waals surface area contributed by atoms with E-state index in [0.717, 1.165) is 13.2 Å². The van der Waals surface area contributed by atoms with Gasteiger partial charge in [0.25, 0.3) is 0 Å². The Morgan fingerprint density at radius 3 is 2.55 bits per heavy atom. The summed E-state index contributed by atoms with van der Waals surface area (Å²) in [6.45, 7) is 7.47. The van der Waals surface area contributed by atoms with E-state index >= 15 is 0 Å². The van der Waals surface area contributed by atoms with E-state index in [-0.39, 0.29) is 5.97 Å². The summed E-state index contributed by atoms with van der Waals surface area (Å²) in [6.07, 6.45) is 1.99. The topological polar surface area (TPSA) is 38.8 Å². The Morgan fingerprint density at radius 1 is 1.73 bits per heavy atom. The standard InChI is InChI=1S/C6H10O2.C2H4O/c1-3-5-8-6(7)4-2;1-2-3-1/h3H,1,4-5H2,2H3;1-2H2. The third-order valence-corrected chi connectivity index (χ3v) is 0.855. The van der Waals surface area contributed by atoms with Gasteiger partial charge in [0.05, 0.1) is 13.2 Å². The van der Waals surface area contributed by atoms with Crippen molar-refractivity contribution in [2.24, 2.45) is 0 Å². The van der Waals surface area contributed by atoms with Gasteiger partial charge in [0.2, 0.25) is 0 Å². The molecule has 1 aliphatic rings. The highest BCUT2D eigenvalue weighted by atomic mass is 16.6. The third kappa shape index (κ3) is 12.4. The molecule has 0 atom stereocenters. The molecule has 64 valence electrons. The van der Waals surface area contributed by atoms with Gasteiger partial charge in [0, 0.05) is 6.42 Å². The van der Waals surface area contributed by atoms with Gasteiger partial charge in [-0.1, -0.05) is 19.6 Å². The molecule has 0 aliphatic carbocycles. The molecule has 0 amide bonds. The smallest absolute Gasteiger partial charge is 0.305 e. The van der Waals surface area contributed by atoms with E-state index in [2.05, 4.69) is 16.1 Å². The summed E-state index contributed by atoms with van der Waals surface area (Å²) in [5.41, 5.74) is 0. The second kappa shape index (κ2) is 7.28. The Balaban J connectivity index is 0.000000271. The summed E-state index contributed by atoms with van der Waals surface area (Å²) < 4.78 is 9.08. The molecule has 0 unspecified atom stereocenters. The van der Waals surface area contributed by atoms with Crippen molar-refractivity contribution in [2.45, 2.75) is 13.3 Å². The maximum Gasteiger partial charge on any atom is 0.305 e. The lowest BCUT2D eigenvalue weighted by molar-refractivity contribution is -0.141. The number of epoxide rings is 1. The monoisotopic (exact) mass is 158 g/mol. The maximum absolute atomic E-state index is 10.3. The number of carbonyl (C=O) groups is 1. The molecule has 0 radical (unpaired) electrons. The quantitative estimate of drug-likeness (QED) is 0.351. The molecule has 0 N–H and O–H groups in total. The van der Waals surface area contributed by atoms with Gasteiger partial charge in [-0.15, -0.1) is 0 Å². The predicted octanol–water partition coefficient (Wildman–Crippen LogP) is 1.14. The molecule has 1 saturated heterocycles. The average molecular weight is 158 g/mol. The highest BCUT2D eigenvalue weighted by Crippen LogP contribution is 1.84. The Hall–Kier alpha value is -0.830. The van der Waals surface area contributed by atoms with Gasteiger partial charge < -0.3 is 9.47 Å². The Morgan fingerprint density at radius 2 is 2.27 bits per heavy atom. The van der Waals surface area contributed by atoms with Crippen LogP contribution in [0.3, 0.4) is 0 Å². The second-order valence-corrected chi connectivity index (χ2v) is 1.94. The van der Waals surface area contributed by atoms with Crippen LogP contribution < -0.4 is 0 Å². The molecule has 3 nitrogen and oxygen atoms in total. The number of hydrogen-bond donors (Lipinski definition) is 0. The Labute approximate surface area is 67.0 Å². The van der Waals surface area contributed by atoms with Crippen molar-refractivity contribution in [3.63, 3.8) is 0 Å². The first-order chi connectivity index (χ1) is 5.31. The molecule has 0 spiro atoms. The SMILES string of the molecule is C1CO1.C=CCOC(=O)CC. The van der Waals surface area contributed by atoms with Gasteiger partial charge in [0.15, 0.2) is 0 Å². The fraction of sp³-hybridized carbons (Fsp3) is 0.625. The molecule has 1 heterocycles. The molecule has 0 aromatic heterocycles. The van der Waals surface area contributed by atoms with Crippen molar-refractivity contribution >= 4 is 5.97 Å². The van der Waals surface area contributed by atoms with Crippen LogP contribution in [0.4, 0.5) is 0 Å². The van der Waals surface area contributed by atoms with Crippen LogP contribution >= 0.6 is 0 Å². The van der Waals surface area contributed by atoms with E-state index in [9.17, 15) is 4.79 Å². The number of ether oxygens (including phenoxy) is 2. The predicted molar refractivity (Wildman–Crippen MR) is 42.3 cm³/mol. The van der Waals surface area contributed by atoms with Gasteiger partial charge in [0.1, 0.15) is 6.61 Å². The molecule has 1 fully saturated rings. The molecule has 0 bridgehead atoms. The first-order valence-electron chi connectivity index (χ1n) is 3.65. The summed E-state index contributed by atoms with van der Waals surface area (Å²) in [5.74, 6) is -0.176. The lowest BCUT2D eigenvalue weighted by atomic mass is 10.5. The molecule has 0 aromatic rings. The summed E-state index contributed by atoms with van der Waals surface area (Å²) in [4.78, 5) is 10.3. The fourth-order valence-electron chi connectivity index (χ4n) is 0.254. The van der Waals surface area contributed by atoms with Crippen LogP contribution in [-0.4, -0.2) is 25.8 Å². The lowest BCUT2D eigenvalue weighted by Gasteiger charge is -1.94. The summed E-state index contributed by atoms with van der Waals surface area (Å²) >= 11 is 0. The molecule has 1 aliphatic heterocycles. The molecular weight excluding hydrogens is 144 g/mol. The van der Waals surface area contributed by atoms with Crippen molar-refractivity contribution in [2.75, 3.05) is 19.8 Å². The van der Waals surface area contributed by atoms with Crippen molar-refractivity contribution < 1.29 is 14.3 Å². The first kappa shape index (κ1) is 10.2. The molecule has 0 aromatic carbocycles. The van der Waals surface area contributed by atoms with Crippen LogP contribution in [0.15, 0.2) is 12.7 Å². The average Bonchev–Trinajstić information content (AvgIpc) is 2.85.